The molecule has 2 heterocycles. The Bertz CT molecular complexity index is 1210. The standard InChI is InChI=1S/C23H21N3O2S/c1-3-16-9-11-17(12-10-16)19-13-29-22-20(19)23(28)26(14-24-22)15(2)21(27)25-18-7-5-4-6-8-18/h4-15H,3H2,1-2H3,(H,25,27)/t15-/m1/s1. The van der Waals surface area contributed by atoms with E-state index in [4.69, 9.17) is 0 Å². The highest BCUT2D eigenvalue weighted by molar-refractivity contribution is 7.17. The number of carbonyl (C=O) groups excluding carboxylic acids is 1. The summed E-state index contributed by atoms with van der Waals surface area (Å²) in [4.78, 5) is 31.0. The number of nitrogens with one attached hydrogen (secondary N) is 1. The summed E-state index contributed by atoms with van der Waals surface area (Å²) < 4.78 is 1.40. The van der Waals surface area contributed by atoms with Gasteiger partial charge in [-0.15, -0.1) is 11.3 Å². The van der Waals surface area contributed by atoms with Gasteiger partial charge in [0.15, 0.2) is 0 Å². The molecule has 0 saturated heterocycles. The second kappa shape index (κ2) is 8.01. The average molecular weight is 404 g/mol. The molecule has 5 nitrogen and oxygen atoms in total. The van der Waals surface area contributed by atoms with Crippen LogP contribution in [-0.2, 0) is 11.2 Å². The van der Waals surface area contributed by atoms with Gasteiger partial charge in [0.2, 0.25) is 5.91 Å². The number of rotatable bonds is 5. The molecule has 4 rings (SSSR count). The summed E-state index contributed by atoms with van der Waals surface area (Å²) in [5.41, 5.74) is 3.57. The second-order valence-corrected chi connectivity index (χ2v) is 7.73. The van der Waals surface area contributed by atoms with Crippen molar-refractivity contribution < 1.29 is 4.79 Å². The van der Waals surface area contributed by atoms with Crippen LogP contribution in [0.25, 0.3) is 21.3 Å². The van der Waals surface area contributed by atoms with Crippen molar-refractivity contribution in [2.24, 2.45) is 0 Å². The first-order valence-corrected chi connectivity index (χ1v) is 10.4. The molecule has 0 saturated carbocycles. The summed E-state index contributed by atoms with van der Waals surface area (Å²) in [6, 6.07) is 16.7. The molecule has 0 aliphatic carbocycles. The number of thiophene rings is 1. The van der Waals surface area contributed by atoms with Crippen LogP contribution in [-0.4, -0.2) is 15.5 Å². The van der Waals surface area contributed by atoms with Crippen LogP contribution in [0.2, 0.25) is 0 Å². The van der Waals surface area contributed by atoms with Crippen molar-refractivity contribution in [3.8, 4) is 11.1 Å². The highest BCUT2D eigenvalue weighted by Crippen LogP contribution is 2.31. The van der Waals surface area contributed by atoms with Crippen LogP contribution in [0.15, 0.2) is 71.1 Å². The third-order valence-corrected chi connectivity index (χ3v) is 5.92. The average Bonchev–Trinajstić information content (AvgIpc) is 3.19. The summed E-state index contributed by atoms with van der Waals surface area (Å²) in [5, 5.41) is 5.36. The van der Waals surface area contributed by atoms with Gasteiger partial charge in [0.05, 0.1) is 11.7 Å². The predicted molar refractivity (Wildman–Crippen MR) is 118 cm³/mol. The largest absolute Gasteiger partial charge is 0.324 e. The molecule has 0 unspecified atom stereocenters. The molecule has 0 aliphatic rings. The van der Waals surface area contributed by atoms with Gasteiger partial charge in [-0.1, -0.05) is 49.4 Å². The van der Waals surface area contributed by atoms with E-state index in [2.05, 4.69) is 29.4 Å². The number of anilines is 1. The van der Waals surface area contributed by atoms with Gasteiger partial charge in [0.1, 0.15) is 10.9 Å². The lowest BCUT2D eigenvalue weighted by molar-refractivity contribution is -0.118. The summed E-state index contributed by atoms with van der Waals surface area (Å²) in [6.45, 7) is 3.81. The molecule has 0 radical (unpaired) electrons. The molecular weight excluding hydrogens is 382 g/mol. The third kappa shape index (κ3) is 3.71. The number of benzene rings is 2. The Balaban J connectivity index is 1.71. The molecule has 2 aromatic heterocycles. The predicted octanol–water partition coefficient (Wildman–Crippen LogP) is 4.89. The van der Waals surface area contributed by atoms with E-state index >= 15 is 0 Å². The summed E-state index contributed by atoms with van der Waals surface area (Å²) in [5.74, 6) is -0.261. The zero-order valence-electron chi connectivity index (χ0n) is 16.3. The van der Waals surface area contributed by atoms with Crippen molar-refractivity contribution in [2.45, 2.75) is 26.3 Å². The maximum Gasteiger partial charge on any atom is 0.263 e. The number of nitrogens with zero attached hydrogens (tertiary/aromatic N) is 2. The Hall–Kier alpha value is -3.25. The normalized spacial score (nSPS) is 12.1. The Morgan fingerprint density at radius 3 is 2.55 bits per heavy atom. The number of hydrogen-bond donors (Lipinski definition) is 1. The third-order valence-electron chi connectivity index (χ3n) is 5.03. The first-order chi connectivity index (χ1) is 14.1. The molecule has 146 valence electrons. The molecule has 2 aromatic carbocycles. The molecule has 0 spiro atoms. The highest BCUT2D eigenvalue weighted by Gasteiger charge is 2.20. The van der Waals surface area contributed by atoms with E-state index in [0.717, 1.165) is 17.5 Å². The Morgan fingerprint density at radius 1 is 1.14 bits per heavy atom. The van der Waals surface area contributed by atoms with Gasteiger partial charge in [0.25, 0.3) is 5.56 Å². The summed E-state index contributed by atoms with van der Waals surface area (Å²) in [6.07, 6.45) is 2.42. The maximum absolute atomic E-state index is 13.3. The molecular formula is C23H21N3O2S. The van der Waals surface area contributed by atoms with Crippen LogP contribution < -0.4 is 10.9 Å². The van der Waals surface area contributed by atoms with E-state index in [0.29, 0.717) is 15.9 Å². The van der Waals surface area contributed by atoms with Gasteiger partial charge >= 0.3 is 0 Å². The number of para-hydroxylation sites is 1. The second-order valence-electron chi connectivity index (χ2n) is 6.87. The first kappa shape index (κ1) is 19.1. The van der Waals surface area contributed by atoms with Gasteiger partial charge in [0, 0.05) is 16.6 Å². The minimum absolute atomic E-state index is 0.207. The minimum atomic E-state index is -0.685. The molecule has 0 aliphatic heterocycles. The van der Waals surface area contributed by atoms with Crippen LogP contribution in [0, 0.1) is 0 Å². The van der Waals surface area contributed by atoms with Crippen molar-refractivity contribution >= 4 is 33.1 Å². The topological polar surface area (TPSA) is 64.0 Å². The lowest BCUT2D eigenvalue weighted by Gasteiger charge is -2.15. The van der Waals surface area contributed by atoms with Gasteiger partial charge < -0.3 is 5.32 Å². The number of aromatic nitrogens is 2. The molecule has 1 amide bonds. The monoisotopic (exact) mass is 403 g/mol. The van der Waals surface area contributed by atoms with Gasteiger partial charge in [-0.25, -0.2) is 4.98 Å². The Morgan fingerprint density at radius 2 is 1.86 bits per heavy atom. The molecule has 6 heteroatoms. The quantitative estimate of drug-likeness (QED) is 0.516. The van der Waals surface area contributed by atoms with Crippen LogP contribution in [0.1, 0.15) is 25.5 Å². The lowest BCUT2D eigenvalue weighted by Crippen LogP contribution is -2.31. The van der Waals surface area contributed by atoms with Crippen molar-refractivity contribution in [3.05, 3.63) is 82.2 Å². The van der Waals surface area contributed by atoms with Crippen molar-refractivity contribution in [3.63, 3.8) is 0 Å². The fourth-order valence-corrected chi connectivity index (χ4v) is 4.15. The number of hydrogen-bond acceptors (Lipinski definition) is 4. The highest BCUT2D eigenvalue weighted by atomic mass is 32.1. The summed E-state index contributed by atoms with van der Waals surface area (Å²) in [7, 11) is 0. The molecule has 1 N–H and O–H groups in total. The SMILES string of the molecule is CCc1ccc(-c2csc3ncn([C@H](C)C(=O)Nc4ccccc4)c(=O)c23)cc1. The van der Waals surface area contributed by atoms with Crippen molar-refractivity contribution in [2.75, 3.05) is 5.32 Å². The number of amides is 1. The Kier molecular flexibility index (Phi) is 5.27. The van der Waals surface area contributed by atoms with Gasteiger partial charge in [-0.3, -0.25) is 14.2 Å². The molecule has 1 atom stereocenters. The fourth-order valence-electron chi connectivity index (χ4n) is 3.25. The number of aryl methyl sites for hydroxylation is 1. The Labute approximate surface area is 172 Å². The van der Waals surface area contributed by atoms with Crippen LogP contribution >= 0.6 is 11.3 Å². The number of fused-ring (bicyclic) bond motifs is 1. The summed E-state index contributed by atoms with van der Waals surface area (Å²) >= 11 is 1.44. The molecule has 4 aromatic rings. The zero-order valence-corrected chi connectivity index (χ0v) is 17.1. The number of carbonyl (C=O) groups is 1. The maximum atomic E-state index is 13.3. The first-order valence-electron chi connectivity index (χ1n) is 9.52. The molecule has 29 heavy (non-hydrogen) atoms. The smallest absolute Gasteiger partial charge is 0.263 e. The van der Waals surface area contributed by atoms with Gasteiger partial charge in [-0.05, 0) is 36.6 Å². The van der Waals surface area contributed by atoms with E-state index < -0.39 is 6.04 Å². The molecule has 0 bridgehead atoms. The lowest BCUT2D eigenvalue weighted by atomic mass is 10.0. The molecule has 0 fully saturated rings. The van der Waals surface area contributed by atoms with E-state index in [1.54, 1.807) is 6.92 Å². The van der Waals surface area contributed by atoms with Crippen LogP contribution in [0.4, 0.5) is 5.69 Å². The van der Waals surface area contributed by atoms with E-state index in [1.165, 1.54) is 27.8 Å². The fraction of sp³-hybridized carbons (Fsp3) is 0.174. The van der Waals surface area contributed by atoms with E-state index in [1.807, 2.05) is 47.8 Å². The van der Waals surface area contributed by atoms with Crippen LogP contribution in [0.5, 0.6) is 0 Å². The van der Waals surface area contributed by atoms with Crippen LogP contribution in [0.3, 0.4) is 0 Å². The zero-order chi connectivity index (χ0) is 20.4. The van der Waals surface area contributed by atoms with Crippen molar-refractivity contribution in [1.29, 1.82) is 0 Å². The van der Waals surface area contributed by atoms with Gasteiger partial charge in [-0.2, -0.15) is 0 Å². The van der Waals surface area contributed by atoms with E-state index in [-0.39, 0.29) is 11.5 Å². The van der Waals surface area contributed by atoms with Crippen molar-refractivity contribution in [1.82, 2.24) is 9.55 Å². The minimum Gasteiger partial charge on any atom is -0.324 e. The van der Waals surface area contributed by atoms with E-state index in [9.17, 15) is 9.59 Å².